The van der Waals surface area contributed by atoms with Gasteiger partial charge in [-0.05, 0) is 57.3 Å². The van der Waals surface area contributed by atoms with Crippen LogP contribution in [0.5, 0.6) is 0 Å². The van der Waals surface area contributed by atoms with Crippen molar-refractivity contribution in [3.63, 3.8) is 0 Å². The number of ketones is 2. The number of guanidine groups is 1. The summed E-state index contributed by atoms with van der Waals surface area (Å²) in [4.78, 5) is 46.3. The number of rotatable bonds is 15. The first-order valence-electron chi connectivity index (χ1n) is 17.3. The molecular formula is C37H51N7O5. The average Bonchev–Trinajstić information content (AvgIpc) is 3.83. The Bertz CT molecular complexity index is 1580. The number of fused-ring (bicyclic) bond motifs is 2. The highest BCUT2D eigenvalue weighted by molar-refractivity contribution is 6.32. The number of dihydropyridines is 1. The maximum absolute atomic E-state index is 14.1. The van der Waals surface area contributed by atoms with Crippen molar-refractivity contribution in [2.75, 3.05) is 40.5 Å². The third-order valence-electron chi connectivity index (χ3n) is 9.97. The molecule has 2 aliphatic carbocycles. The molecule has 1 aromatic rings. The molecule has 1 saturated heterocycles. The zero-order chi connectivity index (χ0) is 35.2. The lowest BCUT2D eigenvalue weighted by Crippen LogP contribution is -2.51. The minimum absolute atomic E-state index is 0.0306. The van der Waals surface area contributed by atoms with Gasteiger partial charge >= 0.3 is 5.97 Å². The second-order valence-electron chi connectivity index (χ2n) is 13.2. The summed E-state index contributed by atoms with van der Waals surface area (Å²) in [6, 6.07) is 6.41. The minimum atomic E-state index is -2.03. The summed E-state index contributed by atoms with van der Waals surface area (Å²) in [6.45, 7) is 8.24. The number of carbonyl (C=O) groups is 3. The van der Waals surface area contributed by atoms with E-state index in [1.165, 1.54) is 0 Å². The van der Waals surface area contributed by atoms with Gasteiger partial charge in [0.1, 0.15) is 5.82 Å². The number of hydrogen-bond donors (Lipinski definition) is 6. The third kappa shape index (κ3) is 7.22. The van der Waals surface area contributed by atoms with Crippen molar-refractivity contribution < 1.29 is 23.9 Å². The number of carbonyl (C=O) groups excluding carboxylic acids is 3. The summed E-state index contributed by atoms with van der Waals surface area (Å²) in [5, 5.41) is 16.4. The largest absolute Gasteiger partial charge is 0.463 e. The van der Waals surface area contributed by atoms with Gasteiger partial charge in [-0.1, -0.05) is 68.0 Å². The van der Waals surface area contributed by atoms with E-state index in [0.717, 1.165) is 36.4 Å². The summed E-state index contributed by atoms with van der Waals surface area (Å²) in [6.07, 6.45) is 12.7. The van der Waals surface area contributed by atoms with Gasteiger partial charge in [0.15, 0.2) is 17.3 Å². The van der Waals surface area contributed by atoms with E-state index in [-0.39, 0.29) is 47.9 Å². The van der Waals surface area contributed by atoms with E-state index in [4.69, 9.17) is 15.2 Å². The molecule has 1 aromatic carbocycles. The zero-order valence-electron chi connectivity index (χ0n) is 29.2. The number of allylic oxidation sites excluding steroid dienone is 1. The van der Waals surface area contributed by atoms with Crippen LogP contribution >= 0.6 is 0 Å². The van der Waals surface area contributed by atoms with Gasteiger partial charge in [-0.25, -0.2) is 4.79 Å². The summed E-state index contributed by atoms with van der Waals surface area (Å²) in [5.41, 5.74) is 4.77. The fraction of sp³-hybridized carbons (Fsp3) is 0.514. The zero-order valence-corrected chi connectivity index (χ0v) is 29.2. The molecule has 1 fully saturated rings. The second-order valence-corrected chi connectivity index (χ2v) is 13.2. The predicted octanol–water partition coefficient (Wildman–Crippen LogP) is 2.46. The Hall–Kier alpha value is -4.26. The summed E-state index contributed by atoms with van der Waals surface area (Å²) in [7, 11) is 3.48. The van der Waals surface area contributed by atoms with Crippen LogP contribution in [0.3, 0.4) is 0 Å². The van der Waals surface area contributed by atoms with Crippen molar-refractivity contribution in [2.45, 2.75) is 69.7 Å². The van der Waals surface area contributed by atoms with Crippen molar-refractivity contribution in [3.05, 3.63) is 82.7 Å². The van der Waals surface area contributed by atoms with E-state index < -0.39 is 23.0 Å². The monoisotopic (exact) mass is 673 g/mol. The lowest BCUT2D eigenvalue weighted by Gasteiger charge is -2.32. The molecule has 4 aliphatic rings. The molecule has 0 bridgehead atoms. The van der Waals surface area contributed by atoms with E-state index in [9.17, 15) is 14.4 Å². The van der Waals surface area contributed by atoms with Crippen LogP contribution in [0, 0.1) is 11.8 Å². The van der Waals surface area contributed by atoms with E-state index in [1.807, 2.05) is 33.0 Å². The number of ether oxygens (including phenoxy) is 2. The Morgan fingerprint density at radius 2 is 1.96 bits per heavy atom. The van der Waals surface area contributed by atoms with Crippen molar-refractivity contribution in [1.29, 1.82) is 0 Å². The van der Waals surface area contributed by atoms with Gasteiger partial charge in [-0.15, -0.1) is 0 Å². The molecule has 0 spiro atoms. The number of nitrogens with zero attached hydrogens (tertiary/aromatic N) is 1. The number of aliphatic imine (C=N–C) groups is 1. The maximum Gasteiger partial charge on any atom is 0.350 e. The van der Waals surface area contributed by atoms with Gasteiger partial charge in [-0.3, -0.25) is 14.6 Å². The summed E-state index contributed by atoms with van der Waals surface area (Å²) in [5.74, 6) is -0.142. The SMILES string of the molecule is CCN[C@@H]1C=C[C@@H](CC)C[C@H]1COC(=O)[C@]12O[C@@]1(C/C=C(\C)C[C@@H](NC(N)=NC)C1=CCNC(NCNC)=C1)C(=O)c1ccccc1C2=O. The fourth-order valence-electron chi connectivity index (χ4n) is 7.13. The first kappa shape index (κ1) is 36.0. The second kappa shape index (κ2) is 15.5. The molecule has 2 heterocycles. The Balaban J connectivity index is 1.39. The van der Waals surface area contributed by atoms with Crippen molar-refractivity contribution in [3.8, 4) is 0 Å². The lowest BCUT2D eigenvalue weighted by molar-refractivity contribution is -0.149. The van der Waals surface area contributed by atoms with Crippen LogP contribution < -0.4 is 32.3 Å². The van der Waals surface area contributed by atoms with Gasteiger partial charge in [0, 0.05) is 43.1 Å². The molecule has 0 saturated carbocycles. The lowest BCUT2D eigenvalue weighted by atomic mass is 9.72. The number of Topliss-reactive ketones (excluding diaryl/α,β-unsaturated/α-hetero) is 2. The van der Waals surface area contributed by atoms with Gasteiger partial charge < -0.3 is 41.8 Å². The van der Waals surface area contributed by atoms with Crippen molar-refractivity contribution in [2.24, 2.45) is 22.6 Å². The van der Waals surface area contributed by atoms with Gasteiger partial charge in [0.05, 0.1) is 19.3 Å². The molecule has 0 amide bonds. The molecule has 6 atom stereocenters. The first-order chi connectivity index (χ1) is 23.6. The fourth-order valence-corrected chi connectivity index (χ4v) is 7.13. The summed E-state index contributed by atoms with van der Waals surface area (Å²) < 4.78 is 12.1. The molecule has 0 aromatic heterocycles. The minimum Gasteiger partial charge on any atom is -0.463 e. The van der Waals surface area contributed by atoms with Gasteiger partial charge in [0.2, 0.25) is 5.78 Å². The Kier molecular flexibility index (Phi) is 11.4. The molecule has 49 heavy (non-hydrogen) atoms. The molecule has 7 N–H and O–H groups in total. The van der Waals surface area contributed by atoms with E-state index in [2.05, 4.69) is 56.7 Å². The Morgan fingerprint density at radius 3 is 2.65 bits per heavy atom. The predicted molar refractivity (Wildman–Crippen MR) is 190 cm³/mol. The molecule has 0 unspecified atom stereocenters. The van der Waals surface area contributed by atoms with Gasteiger partial charge in [0.25, 0.3) is 5.60 Å². The Labute approximate surface area is 289 Å². The molecule has 5 rings (SSSR count). The third-order valence-corrected chi connectivity index (χ3v) is 9.97. The molecule has 2 aliphatic heterocycles. The van der Waals surface area contributed by atoms with Crippen LogP contribution in [-0.4, -0.2) is 87.2 Å². The van der Waals surface area contributed by atoms with Crippen LogP contribution in [0.1, 0.15) is 67.2 Å². The van der Waals surface area contributed by atoms with E-state index in [0.29, 0.717) is 31.5 Å². The van der Waals surface area contributed by atoms with Crippen molar-refractivity contribution in [1.82, 2.24) is 26.6 Å². The van der Waals surface area contributed by atoms with Crippen LogP contribution in [0.15, 0.2) is 76.6 Å². The molecule has 12 nitrogen and oxygen atoms in total. The number of esters is 1. The van der Waals surface area contributed by atoms with Crippen LogP contribution in [0.2, 0.25) is 0 Å². The standard InChI is InChI=1S/C37H51N7O5/c1-6-24-12-13-29(41-7-2)26(19-24)21-48-34(47)37-33(46)28-11-9-8-10-27(28)32(45)36(37,49-37)16-14-23(3)18-30(44-35(38)40-5)25-15-17-42-31(20-25)43-22-39-4/h8-15,20,24,26,29-30,39,41-43H,6-7,16-19,21-22H2,1-5H3,(H3,38,40,44)/b23-14+/t24-,26+,29-,30-,36+,37+/m1/s1. The van der Waals surface area contributed by atoms with Crippen molar-refractivity contribution >= 4 is 23.5 Å². The van der Waals surface area contributed by atoms with Crippen LogP contribution in [0.4, 0.5) is 0 Å². The first-order valence-corrected chi connectivity index (χ1v) is 17.3. The Morgan fingerprint density at radius 1 is 1.20 bits per heavy atom. The highest BCUT2D eigenvalue weighted by atomic mass is 16.7. The topological polar surface area (TPSA) is 171 Å². The number of epoxide rings is 1. The van der Waals surface area contributed by atoms with Crippen LogP contribution in [0.25, 0.3) is 0 Å². The molecule has 12 heteroatoms. The average molecular weight is 674 g/mol. The van der Waals surface area contributed by atoms with E-state index >= 15 is 0 Å². The molecule has 264 valence electrons. The van der Waals surface area contributed by atoms with E-state index in [1.54, 1.807) is 31.3 Å². The number of nitrogens with one attached hydrogen (secondary N) is 5. The molecule has 0 radical (unpaired) electrons. The smallest absolute Gasteiger partial charge is 0.350 e. The molecular weight excluding hydrogens is 622 g/mol. The number of hydrogen-bond acceptors (Lipinski definition) is 10. The number of nitrogens with two attached hydrogens (primary N) is 1. The summed E-state index contributed by atoms with van der Waals surface area (Å²) >= 11 is 0. The normalized spacial score (nSPS) is 28.4. The van der Waals surface area contributed by atoms with Crippen LogP contribution in [-0.2, 0) is 14.3 Å². The highest BCUT2D eigenvalue weighted by Crippen LogP contribution is 2.58. The maximum atomic E-state index is 14.1. The van der Waals surface area contributed by atoms with Gasteiger partial charge in [-0.2, -0.15) is 0 Å². The number of benzene rings is 1. The number of likely N-dealkylation sites (N-methyl/N-ethyl adjacent to an activating group) is 1. The quantitative estimate of drug-likeness (QED) is 0.0307. The highest BCUT2D eigenvalue weighted by Gasteiger charge is 2.85.